The zero-order valence-corrected chi connectivity index (χ0v) is 15.1. The summed E-state index contributed by atoms with van der Waals surface area (Å²) in [5.74, 6) is 1.15. The molecule has 3 amide bonds. The highest BCUT2D eigenvalue weighted by Crippen LogP contribution is 2.28. The van der Waals surface area contributed by atoms with Gasteiger partial charge in [0.05, 0.1) is 13.7 Å². The first-order valence-electron chi connectivity index (χ1n) is 8.39. The molecule has 1 aliphatic rings. The van der Waals surface area contributed by atoms with Gasteiger partial charge in [-0.05, 0) is 19.1 Å². The average molecular weight is 358 g/mol. The van der Waals surface area contributed by atoms with E-state index in [1.807, 2.05) is 24.3 Å². The number of aromatic nitrogens is 1. The van der Waals surface area contributed by atoms with Crippen molar-refractivity contribution in [2.45, 2.75) is 19.5 Å². The van der Waals surface area contributed by atoms with E-state index in [1.54, 1.807) is 32.0 Å². The second kappa shape index (κ2) is 7.47. The monoisotopic (exact) mass is 358 g/mol. The number of nitrogens with one attached hydrogen (secondary N) is 1. The molecule has 1 atom stereocenters. The predicted molar refractivity (Wildman–Crippen MR) is 94.5 cm³/mol. The van der Waals surface area contributed by atoms with E-state index in [9.17, 15) is 9.59 Å². The fourth-order valence-corrected chi connectivity index (χ4v) is 2.94. The number of urea groups is 1. The molecule has 2 heterocycles. The Labute approximate surface area is 151 Å². The molecule has 8 nitrogen and oxygen atoms in total. The van der Waals surface area contributed by atoms with Gasteiger partial charge in [-0.1, -0.05) is 17.3 Å². The Morgan fingerprint density at radius 2 is 2.15 bits per heavy atom. The molecule has 1 aliphatic heterocycles. The number of hydrogen-bond acceptors (Lipinski definition) is 5. The molecule has 8 heteroatoms. The van der Waals surface area contributed by atoms with Crippen LogP contribution in [0.1, 0.15) is 12.7 Å². The summed E-state index contributed by atoms with van der Waals surface area (Å²) in [5, 5.41) is 6.82. The number of ether oxygens (including phenoxy) is 1. The lowest BCUT2D eigenvalue weighted by molar-refractivity contribution is -0.137. The number of benzene rings is 1. The third-order valence-electron chi connectivity index (χ3n) is 4.49. The van der Waals surface area contributed by atoms with Gasteiger partial charge in [0, 0.05) is 31.8 Å². The van der Waals surface area contributed by atoms with E-state index in [0.717, 1.165) is 5.56 Å². The van der Waals surface area contributed by atoms with Crippen LogP contribution in [0.5, 0.6) is 5.75 Å². The van der Waals surface area contributed by atoms with Crippen molar-refractivity contribution in [3.63, 3.8) is 0 Å². The number of carbonyl (C=O) groups is 2. The Morgan fingerprint density at radius 1 is 1.38 bits per heavy atom. The van der Waals surface area contributed by atoms with Gasteiger partial charge in [0.15, 0.2) is 5.76 Å². The van der Waals surface area contributed by atoms with Gasteiger partial charge in [-0.2, -0.15) is 0 Å². The smallest absolute Gasteiger partial charge is 0.318 e. The molecule has 2 aromatic rings. The van der Waals surface area contributed by atoms with Gasteiger partial charge < -0.3 is 24.4 Å². The fourth-order valence-electron chi connectivity index (χ4n) is 2.94. The third-order valence-corrected chi connectivity index (χ3v) is 4.49. The van der Waals surface area contributed by atoms with Crippen LogP contribution < -0.4 is 10.1 Å². The van der Waals surface area contributed by atoms with Crippen LogP contribution in [0.2, 0.25) is 0 Å². The van der Waals surface area contributed by atoms with Crippen molar-refractivity contribution in [1.29, 1.82) is 0 Å². The molecule has 1 saturated heterocycles. The molecule has 0 unspecified atom stereocenters. The molecule has 0 radical (unpaired) electrons. The molecule has 138 valence electrons. The van der Waals surface area contributed by atoms with Crippen molar-refractivity contribution in [1.82, 2.24) is 20.3 Å². The summed E-state index contributed by atoms with van der Waals surface area (Å²) in [6, 6.07) is 8.48. The topological polar surface area (TPSA) is 87.9 Å². The lowest BCUT2D eigenvalue weighted by Crippen LogP contribution is -2.58. The third kappa shape index (κ3) is 3.49. The lowest BCUT2D eigenvalue weighted by Gasteiger charge is -2.37. The van der Waals surface area contributed by atoms with Gasteiger partial charge >= 0.3 is 6.03 Å². The Bertz CT molecular complexity index is 804. The number of methoxy groups -OCH3 is 1. The second-order valence-electron chi connectivity index (χ2n) is 6.17. The SMILES string of the molecule is COc1ccccc1-c1cc(CNC(=O)N2CCN(C)C(=O)[C@H]2C)on1. The van der Waals surface area contributed by atoms with Gasteiger partial charge in [0.2, 0.25) is 5.91 Å². The number of amides is 3. The van der Waals surface area contributed by atoms with Crippen LogP contribution in [-0.4, -0.2) is 60.2 Å². The summed E-state index contributed by atoms with van der Waals surface area (Å²) in [7, 11) is 3.33. The first-order valence-corrected chi connectivity index (χ1v) is 8.39. The molecule has 1 aromatic carbocycles. The number of likely N-dealkylation sites (N-methyl/N-ethyl adjacent to an activating group) is 1. The van der Waals surface area contributed by atoms with Crippen molar-refractivity contribution in [3.8, 4) is 17.0 Å². The maximum atomic E-state index is 12.4. The fraction of sp³-hybridized carbons (Fsp3) is 0.389. The molecule has 1 N–H and O–H groups in total. The van der Waals surface area contributed by atoms with E-state index in [1.165, 1.54) is 4.90 Å². The number of para-hydroxylation sites is 1. The summed E-state index contributed by atoms with van der Waals surface area (Å²) in [6.45, 7) is 2.94. The predicted octanol–water partition coefficient (Wildman–Crippen LogP) is 1.72. The van der Waals surface area contributed by atoms with Crippen LogP contribution in [-0.2, 0) is 11.3 Å². The lowest BCUT2D eigenvalue weighted by atomic mass is 10.1. The Kier molecular flexibility index (Phi) is 5.11. The van der Waals surface area contributed by atoms with Gasteiger partial charge in [0.1, 0.15) is 17.5 Å². The molecule has 0 bridgehead atoms. The van der Waals surface area contributed by atoms with Crippen molar-refractivity contribution >= 4 is 11.9 Å². The number of nitrogens with zero attached hydrogens (tertiary/aromatic N) is 3. The van der Waals surface area contributed by atoms with E-state index >= 15 is 0 Å². The van der Waals surface area contributed by atoms with E-state index in [0.29, 0.717) is 30.3 Å². The molecule has 1 fully saturated rings. The summed E-state index contributed by atoms with van der Waals surface area (Å²) >= 11 is 0. The van der Waals surface area contributed by atoms with Crippen molar-refractivity contribution < 1.29 is 18.8 Å². The van der Waals surface area contributed by atoms with E-state index in [2.05, 4.69) is 10.5 Å². The molecule has 26 heavy (non-hydrogen) atoms. The highest BCUT2D eigenvalue weighted by molar-refractivity contribution is 5.87. The summed E-state index contributed by atoms with van der Waals surface area (Å²) in [4.78, 5) is 27.5. The number of hydrogen-bond donors (Lipinski definition) is 1. The Balaban J connectivity index is 1.63. The Morgan fingerprint density at radius 3 is 2.92 bits per heavy atom. The zero-order valence-electron chi connectivity index (χ0n) is 15.1. The first-order chi connectivity index (χ1) is 12.5. The average Bonchev–Trinajstić information content (AvgIpc) is 3.13. The van der Waals surface area contributed by atoms with Crippen LogP contribution in [0.3, 0.4) is 0 Å². The van der Waals surface area contributed by atoms with E-state index in [-0.39, 0.29) is 18.5 Å². The molecular formula is C18H22N4O4. The standard InChI is InChI=1S/C18H22N4O4/c1-12-17(23)21(2)8-9-22(12)18(24)19-11-13-10-15(20-26-13)14-6-4-5-7-16(14)25-3/h4-7,10,12H,8-9,11H2,1-3H3,(H,19,24)/t12-/m1/s1. The van der Waals surface area contributed by atoms with E-state index in [4.69, 9.17) is 9.26 Å². The second-order valence-corrected chi connectivity index (χ2v) is 6.17. The minimum absolute atomic E-state index is 0.0653. The van der Waals surface area contributed by atoms with Crippen molar-refractivity contribution in [2.75, 3.05) is 27.2 Å². The van der Waals surface area contributed by atoms with Crippen LogP contribution in [0.25, 0.3) is 11.3 Å². The van der Waals surface area contributed by atoms with Gasteiger partial charge in [-0.3, -0.25) is 4.79 Å². The van der Waals surface area contributed by atoms with Crippen LogP contribution in [0, 0.1) is 0 Å². The highest BCUT2D eigenvalue weighted by atomic mass is 16.5. The molecule has 3 rings (SSSR count). The summed E-state index contributed by atoms with van der Waals surface area (Å²) in [5.41, 5.74) is 1.45. The molecule has 1 aromatic heterocycles. The number of rotatable bonds is 4. The number of carbonyl (C=O) groups excluding carboxylic acids is 2. The van der Waals surface area contributed by atoms with E-state index < -0.39 is 6.04 Å². The van der Waals surface area contributed by atoms with Gasteiger partial charge in [-0.25, -0.2) is 4.79 Å². The van der Waals surface area contributed by atoms with Crippen LogP contribution in [0.4, 0.5) is 4.79 Å². The molecule has 0 aliphatic carbocycles. The summed E-state index contributed by atoms with van der Waals surface area (Å²) in [6.07, 6.45) is 0. The maximum Gasteiger partial charge on any atom is 0.318 e. The minimum Gasteiger partial charge on any atom is -0.496 e. The first kappa shape index (κ1) is 17.8. The largest absolute Gasteiger partial charge is 0.496 e. The van der Waals surface area contributed by atoms with Crippen LogP contribution in [0.15, 0.2) is 34.9 Å². The summed E-state index contributed by atoms with van der Waals surface area (Å²) < 4.78 is 10.6. The number of piperazine rings is 1. The maximum absolute atomic E-state index is 12.4. The Hall–Kier alpha value is -3.03. The van der Waals surface area contributed by atoms with Crippen LogP contribution >= 0.6 is 0 Å². The highest BCUT2D eigenvalue weighted by Gasteiger charge is 2.32. The quantitative estimate of drug-likeness (QED) is 0.899. The molecular weight excluding hydrogens is 336 g/mol. The van der Waals surface area contributed by atoms with Crippen molar-refractivity contribution in [2.24, 2.45) is 0 Å². The van der Waals surface area contributed by atoms with Crippen molar-refractivity contribution in [3.05, 3.63) is 36.1 Å². The minimum atomic E-state index is -0.479. The van der Waals surface area contributed by atoms with Gasteiger partial charge in [-0.15, -0.1) is 0 Å². The normalized spacial score (nSPS) is 17.3. The van der Waals surface area contributed by atoms with Gasteiger partial charge in [0.25, 0.3) is 0 Å². The molecule has 0 spiro atoms. The zero-order chi connectivity index (χ0) is 18.7. The molecule has 0 saturated carbocycles.